The lowest BCUT2D eigenvalue weighted by molar-refractivity contribution is 0.246. The van der Waals surface area contributed by atoms with Crippen LogP contribution in [0, 0.1) is 0 Å². The number of aromatic nitrogens is 3. The molecule has 3 heterocycles. The molecule has 0 aromatic carbocycles. The summed E-state index contributed by atoms with van der Waals surface area (Å²) in [5, 5.41) is 4.57. The van der Waals surface area contributed by atoms with E-state index in [-0.39, 0.29) is 0 Å². The summed E-state index contributed by atoms with van der Waals surface area (Å²) >= 11 is 0. The number of methoxy groups -OCH3 is 1. The molecular formula is C13H18N4O. The van der Waals surface area contributed by atoms with E-state index in [1.54, 1.807) is 7.11 Å². The van der Waals surface area contributed by atoms with Crippen molar-refractivity contribution in [3.63, 3.8) is 0 Å². The number of nitrogens with zero attached hydrogens (tertiary/aromatic N) is 4. The van der Waals surface area contributed by atoms with E-state index in [9.17, 15) is 0 Å². The third-order valence-electron chi connectivity index (χ3n) is 3.55. The molecule has 3 rings (SSSR count). The number of hydrogen-bond donors (Lipinski definition) is 0. The Morgan fingerprint density at radius 2 is 2.33 bits per heavy atom. The molecular weight excluding hydrogens is 228 g/mol. The van der Waals surface area contributed by atoms with Crippen molar-refractivity contribution in [2.24, 2.45) is 0 Å². The van der Waals surface area contributed by atoms with Crippen LogP contribution in [0.2, 0.25) is 0 Å². The zero-order chi connectivity index (χ0) is 12.5. The number of fused-ring (bicyclic) bond motifs is 1. The Morgan fingerprint density at radius 3 is 3.11 bits per heavy atom. The van der Waals surface area contributed by atoms with Gasteiger partial charge < -0.3 is 9.64 Å². The molecule has 18 heavy (non-hydrogen) atoms. The van der Waals surface area contributed by atoms with Gasteiger partial charge in [0.25, 0.3) is 0 Å². The number of hydrogen-bond acceptors (Lipinski definition) is 4. The fourth-order valence-electron chi connectivity index (χ4n) is 2.56. The molecule has 5 nitrogen and oxygen atoms in total. The summed E-state index contributed by atoms with van der Waals surface area (Å²) < 4.78 is 7.03. The van der Waals surface area contributed by atoms with Gasteiger partial charge in [0, 0.05) is 24.7 Å². The lowest BCUT2D eigenvalue weighted by Crippen LogP contribution is -2.31. The normalized spacial score (nSPS) is 21.3. The maximum atomic E-state index is 5.20. The van der Waals surface area contributed by atoms with Gasteiger partial charge in [-0.25, -0.2) is 9.50 Å². The van der Waals surface area contributed by atoms with Crippen LogP contribution >= 0.6 is 0 Å². The summed E-state index contributed by atoms with van der Waals surface area (Å²) in [5.41, 5.74) is 0.859. The molecule has 96 valence electrons. The Kier molecular flexibility index (Phi) is 2.91. The Labute approximate surface area is 106 Å². The number of pyridine rings is 1. The second kappa shape index (κ2) is 4.57. The van der Waals surface area contributed by atoms with E-state index in [2.05, 4.69) is 22.0 Å². The van der Waals surface area contributed by atoms with Crippen LogP contribution in [0.15, 0.2) is 18.3 Å². The van der Waals surface area contributed by atoms with Crippen molar-refractivity contribution in [1.82, 2.24) is 19.5 Å². The molecule has 0 saturated carbocycles. The summed E-state index contributed by atoms with van der Waals surface area (Å²) in [6, 6.07) is 3.82. The molecule has 5 heteroatoms. The van der Waals surface area contributed by atoms with Crippen LogP contribution in [-0.2, 0) is 0 Å². The Balaban J connectivity index is 1.92. The summed E-state index contributed by atoms with van der Waals surface area (Å²) in [5.74, 6) is 2.23. The van der Waals surface area contributed by atoms with E-state index in [1.807, 2.05) is 22.8 Å². The van der Waals surface area contributed by atoms with Gasteiger partial charge in [-0.1, -0.05) is 0 Å². The predicted octanol–water partition coefficient (Wildman–Crippen LogP) is 1.55. The Hall–Kier alpha value is -1.62. The molecule has 1 fully saturated rings. The first-order valence-corrected chi connectivity index (χ1v) is 6.35. The topological polar surface area (TPSA) is 42.7 Å². The highest BCUT2D eigenvalue weighted by atomic mass is 16.5. The Morgan fingerprint density at radius 1 is 1.44 bits per heavy atom. The van der Waals surface area contributed by atoms with Crippen molar-refractivity contribution in [2.45, 2.75) is 18.8 Å². The van der Waals surface area contributed by atoms with E-state index in [0.717, 1.165) is 23.8 Å². The molecule has 0 spiro atoms. The third kappa shape index (κ3) is 2.06. The van der Waals surface area contributed by atoms with Gasteiger partial charge in [-0.15, -0.1) is 0 Å². The lowest BCUT2D eigenvalue weighted by atomic mass is 9.98. The molecule has 0 radical (unpaired) electrons. The van der Waals surface area contributed by atoms with Crippen LogP contribution in [0.5, 0.6) is 5.75 Å². The first kappa shape index (κ1) is 11.5. The van der Waals surface area contributed by atoms with E-state index >= 15 is 0 Å². The van der Waals surface area contributed by atoms with Crippen LogP contribution in [0.25, 0.3) is 5.65 Å². The standard InChI is InChI=1S/C13H18N4O/c1-16-6-3-4-10(9-16)13-14-12-8-11(18-2)5-7-17(12)15-13/h5,7-8,10H,3-4,6,9H2,1-2H3. The third-order valence-corrected chi connectivity index (χ3v) is 3.55. The average Bonchev–Trinajstić information content (AvgIpc) is 2.81. The molecule has 2 aromatic heterocycles. The minimum Gasteiger partial charge on any atom is -0.497 e. The number of likely N-dealkylation sites (tertiary alicyclic amines) is 1. The minimum atomic E-state index is 0.453. The van der Waals surface area contributed by atoms with E-state index in [0.29, 0.717) is 5.92 Å². The van der Waals surface area contributed by atoms with Gasteiger partial charge in [0.2, 0.25) is 0 Å². The zero-order valence-electron chi connectivity index (χ0n) is 10.8. The number of ether oxygens (including phenoxy) is 1. The van der Waals surface area contributed by atoms with E-state index in [1.165, 1.54) is 19.4 Å². The van der Waals surface area contributed by atoms with Crippen LogP contribution in [-0.4, -0.2) is 46.7 Å². The van der Waals surface area contributed by atoms with E-state index < -0.39 is 0 Å². The van der Waals surface area contributed by atoms with Crippen molar-refractivity contribution in [1.29, 1.82) is 0 Å². The molecule has 2 aromatic rings. The maximum absolute atomic E-state index is 5.20. The average molecular weight is 246 g/mol. The fourth-order valence-corrected chi connectivity index (χ4v) is 2.56. The lowest BCUT2D eigenvalue weighted by Gasteiger charge is -2.27. The molecule has 0 aliphatic carbocycles. The second-order valence-electron chi connectivity index (χ2n) is 4.94. The van der Waals surface area contributed by atoms with Gasteiger partial charge in [-0.2, -0.15) is 5.10 Å². The zero-order valence-corrected chi connectivity index (χ0v) is 10.8. The molecule has 1 unspecified atom stereocenters. The molecule has 0 bridgehead atoms. The molecule has 0 N–H and O–H groups in total. The second-order valence-corrected chi connectivity index (χ2v) is 4.94. The summed E-state index contributed by atoms with van der Waals surface area (Å²) in [7, 11) is 3.82. The number of piperidine rings is 1. The molecule has 1 atom stereocenters. The van der Waals surface area contributed by atoms with Gasteiger partial charge in [0.05, 0.1) is 7.11 Å². The SMILES string of the molecule is COc1ccn2nc(C3CCCN(C)C3)nc2c1. The van der Waals surface area contributed by atoms with Crippen molar-refractivity contribution in [3.8, 4) is 5.75 Å². The number of likely N-dealkylation sites (N-methyl/N-ethyl adjacent to an activating group) is 1. The first-order valence-electron chi connectivity index (χ1n) is 6.35. The number of rotatable bonds is 2. The highest BCUT2D eigenvalue weighted by molar-refractivity contribution is 5.43. The molecule has 0 amide bonds. The highest BCUT2D eigenvalue weighted by Gasteiger charge is 2.22. The highest BCUT2D eigenvalue weighted by Crippen LogP contribution is 2.24. The fraction of sp³-hybridized carbons (Fsp3) is 0.538. The molecule has 1 aliphatic rings. The van der Waals surface area contributed by atoms with Gasteiger partial charge in [-0.05, 0) is 32.5 Å². The van der Waals surface area contributed by atoms with Crippen LogP contribution < -0.4 is 4.74 Å². The summed E-state index contributed by atoms with van der Waals surface area (Å²) in [6.07, 6.45) is 4.30. The molecule has 1 saturated heterocycles. The van der Waals surface area contributed by atoms with Crippen LogP contribution in [0.4, 0.5) is 0 Å². The Bertz CT molecular complexity index is 551. The van der Waals surface area contributed by atoms with Crippen molar-refractivity contribution in [3.05, 3.63) is 24.2 Å². The van der Waals surface area contributed by atoms with Crippen LogP contribution in [0.3, 0.4) is 0 Å². The minimum absolute atomic E-state index is 0.453. The van der Waals surface area contributed by atoms with Gasteiger partial charge in [0.15, 0.2) is 11.5 Å². The van der Waals surface area contributed by atoms with Gasteiger partial charge in [-0.3, -0.25) is 0 Å². The smallest absolute Gasteiger partial charge is 0.159 e. The monoisotopic (exact) mass is 246 g/mol. The van der Waals surface area contributed by atoms with Crippen molar-refractivity contribution in [2.75, 3.05) is 27.2 Å². The van der Waals surface area contributed by atoms with Crippen LogP contribution in [0.1, 0.15) is 24.6 Å². The summed E-state index contributed by atoms with van der Waals surface area (Å²) in [4.78, 5) is 6.97. The first-order chi connectivity index (χ1) is 8.76. The van der Waals surface area contributed by atoms with Gasteiger partial charge in [0.1, 0.15) is 5.75 Å². The van der Waals surface area contributed by atoms with Crippen molar-refractivity contribution < 1.29 is 4.74 Å². The predicted molar refractivity (Wildman–Crippen MR) is 69.0 cm³/mol. The van der Waals surface area contributed by atoms with Crippen molar-refractivity contribution >= 4 is 5.65 Å². The van der Waals surface area contributed by atoms with E-state index in [4.69, 9.17) is 4.74 Å². The maximum Gasteiger partial charge on any atom is 0.159 e. The summed E-state index contributed by atoms with van der Waals surface area (Å²) in [6.45, 7) is 2.23. The van der Waals surface area contributed by atoms with Gasteiger partial charge >= 0.3 is 0 Å². The largest absolute Gasteiger partial charge is 0.497 e. The molecule has 1 aliphatic heterocycles. The quantitative estimate of drug-likeness (QED) is 0.806.